The van der Waals surface area contributed by atoms with Gasteiger partial charge >= 0.3 is 0 Å². The number of aliphatic hydroxyl groups excluding tert-OH is 1. The third-order valence-corrected chi connectivity index (χ3v) is 3.40. The highest BCUT2D eigenvalue weighted by atomic mass is 32.2. The molecule has 0 bridgehead atoms. The molecule has 0 aliphatic rings. The van der Waals surface area contributed by atoms with Crippen molar-refractivity contribution in [2.24, 2.45) is 5.92 Å². The normalized spacial score (nSPS) is 14.7. The van der Waals surface area contributed by atoms with Gasteiger partial charge in [-0.15, -0.1) is 0 Å². The fourth-order valence-electron chi connectivity index (χ4n) is 0.914. The first-order valence-electron chi connectivity index (χ1n) is 5.51. The molecule has 1 unspecified atom stereocenters. The smallest absolute Gasteiger partial charge is 0.213 e. The molecule has 0 aliphatic heterocycles. The number of sulfonamides is 1. The predicted octanol–water partition coefficient (Wildman–Crippen LogP) is 0.348. The second-order valence-corrected chi connectivity index (χ2v) is 6.32. The van der Waals surface area contributed by atoms with Crippen molar-refractivity contribution < 1.29 is 18.3 Å². The molecule has 16 heavy (non-hydrogen) atoms. The quantitative estimate of drug-likeness (QED) is 0.654. The van der Waals surface area contributed by atoms with Crippen molar-refractivity contribution in [3.8, 4) is 0 Å². The van der Waals surface area contributed by atoms with Gasteiger partial charge in [-0.2, -0.15) is 0 Å². The molecule has 0 fully saturated rings. The molecule has 98 valence electrons. The fraction of sp³-hybridized carbons (Fsp3) is 1.00. The summed E-state index contributed by atoms with van der Waals surface area (Å²) in [5, 5.41) is 9.45. The molecule has 0 aromatic rings. The lowest BCUT2D eigenvalue weighted by Gasteiger charge is -2.15. The number of hydrogen-bond acceptors (Lipinski definition) is 4. The van der Waals surface area contributed by atoms with E-state index in [9.17, 15) is 13.5 Å². The van der Waals surface area contributed by atoms with E-state index in [0.717, 1.165) is 0 Å². The highest BCUT2D eigenvalue weighted by Crippen LogP contribution is 2.00. The summed E-state index contributed by atoms with van der Waals surface area (Å²) in [7, 11) is -3.34. The number of ether oxygens (including phenoxy) is 1. The van der Waals surface area contributed by atoms with Crippen molar-refractivity contribution in [2.45, 2.75) is 39.9 Å². The average Bonchev–Trinajstić information content (AvgIpc) is 2.13. The van der Waals surface area contributed by atoms with E-state index in [4.69, 9.17) is 4.74 Å². The van der Waals surface area contributed by atoms with Crippen LogP contribution in [0.2, 0.25) is 0 Å². The van der Waals surface area contributed by atoms with Gasteiger partial charge in [0.15, 0.2) is 0 Å². The van der Waals surface area contributed by atoms with Crippen LogP contribution in [0.5, 0.6) is 0 Å². The van der Waals surface area contributed by atoms with Crippen LogP contribution < -0.4 is 4.72 Å². The summed E-state index contributed by atoms with van der Waals surface area (Å²) in [6, 6.07) is 0. The first-order chi connectivity index (χ1) is 7.24. The Kier molecular flexibility index (Phi) is 7.14. The highest BCUT2D eigenvalue weighted by molar-refractivity contribution is 7.89. The number of hydrogen-bond donors (Lipinski definition) is 2. The molecule has 0 aromatic carbocycles. The molecule has 0 spiro atoms. The zero-order valence-corrected chi connectivity index (χ0v) is 11.3. The lowest BCUT2D eigenvalue weighted by molar-refractivity contribution is 0.0909. The van der Waals surface area contributed by atoms with E-state index in [-0.39, 0.29) is 30.9 Å². The third kappa shape index (κ3) is 8.04. The maximum atomic E-state index is 11.4. The van der Waals surface area contributed by atoms with Gasteiger partial charge in [-0.1, -0.05) is 13.8 Å². The van der Waals surface area contributed by atoms with Crippen molar-refractivity contribution in [2.75, 3.05) is 18.9 Å². The topological polar surface area (TPSA) is 75.6 Å². The van der Waals surface area contributed by atoms with Crippen LogP contribution in [0.3, 0.4) is 0 Å². The molecule has 5 nitrogen and oxygen atoms in total. The molecule has 0 radical (unpaired) electrons. The first-order valence-corrected chi connectivity index (χ1v) is 7.17. The van der Waals surface area contributed by atoms with E-state index >= 15 is 0 Å². The van der Waals surface area contributed by atoms with E-state index in [1.54, 1.807) is 0 Å². The van der Waals surface area contributed by atoms with Crippen LogP contribution in [0.1, 0.15) is 27.7 Å². The molecule has 6 heteroatoms. The largest absolute Gasteiger partial charge is 0.391 e. The molecule has 1 atom stereocenters. The molecule has 0 aliphatic carbocycles. The van der Waals surface area contributed by atoms with Crippen LogP contribution in [0.4, 0.5) is 0 Å². The van der Waals surface area contributed by atoms with E-state index in [2.05, 4.69) is 4.72 Å². The summed E-state index contributed by atoms with van der Waals surface area (Å²) in [5.74, 6) is -0.0367. The minimum atomic E-state index is -3.34. The summed E-state index contributed by atoms with van der Waals surface area (Å²) < 4.78 is 30.4. The summed E-state index contributed by atoms with van der Waals surface area (Å²) in [5.41, 5.74) is 0. The van der Waals surface area contributed by atoms with Crippen LogP contribution in [0.15, 0.2) is 0 Å². The fourth-order valence-corrected chi connectivity index (χ4v) is 1.80. The van der Waals surface area contributed by atoms with Crippen molar-refractivity contribution in [3.63, 3.8) is 0 Å². The van der Waals surface area contributed by atoms with Gasteiger partial charge in [0, 0.05) is 6.54 Å². The van der Waals surface area contributed by atoms with Gasteiger partial charge in [-0.25, -0.2) is 13.1 Å². The van der Waals surface area contributed by atoms with Gasteiger partial charge in [0.05, 0.1) is 24.6 Å². The van der Waals surface area contributed by atoms with E-state index in [1.165, 1.54) is 0 Å². The van der Waals surface area contributed by atoms with Crippen LogP contribution in [-0.2, 0) is 14.8 Å². The van der Waals surface area contributed by atoms with Gasteiger partial charge < -0.3 is 9.84 Å². The highest BCUT2D eigenvalue weighted by Gasteiger charge is 2.15. The molecule has 0 saturated carbocycles. The lowest BCUT2D eigenvalue weighted by Crippen LogP contribution is -2.37. The molecule has 0 saturated heterocycles. The van der Waals surface area contributed by atoms with E-state index < -0.39 is 16.1 Å². The Morgan fingerprint density at radius 1 is 1.25 bits per heavy atom. The third-order valence-electron chi connectivity index (χ3n) is 2.09. The van der Waals surface area contributed by atoms with E-state index in [0.29, 0.717) is 0 Å². The van der Waals surface area contributed by atoms with Gasteiger partial charge in [0.25, 0.3) is 0 Å². The summed E-state index contributed by atoms with van der Waals surface area (Å²) in [6.45, 7) is 7.60. The van der Waals surface area contributed by atoms with Crippen LogP contribution in [-0.4, -0.2) is 44.6 Å². The number of nitrogens with one attached hydrogen (secondary N) is 1. The van der Waals surface area contributed by atoms with Crippen LogP contribution >= 0.6 is 0 Å². The molecule has 0 amide bonds. The average molecular weight is 253 g/mol. The zero-order chi connectivity index (χ0) is 12.8. The van der Waals surface area contributed by atoms with Gasteiger partial charge in [-0.05, 0) is 19.8 Å². The number of aliphatic hydroxyl groups is 1. The first kappa shape index (κ1) is 15.8. The van der Waals surface area contributed by atoms with E-state index in [1.807, 2.05) is 27.7 Å². The summed E-state index contributed by atoms with van der Waals surface area (Å²) in [6.07, 6.45) is -0.628. The van der Waals surface area contributed by atoms with Gasteiger partial charge in [-0.3, -0.25) is 0 Å². The molecule has 0 aromatic heterocycles. The number of rotatable bonds is 8. The Hall–Kier alpha value is -0.170. The summed E-state index contributed by atoms with van der Waals surface area (Å²) in [4.78, 5) is 0. The monoisotopic (exact) mass is 253 g/mol. The van der Waals surface area contributed by atoms with Gasteiger partial charge in [0.2, 0.25) is 10.0 Å². The maximum Gasteiger partial charge on any atom is 0.213 e. The van der Waals surface area contributed by atoms with Gasteiger partial charge in [0.1, 0.15) is 0 Å². The van der Waals surface area contributed by atoms with Crippen molar-refractivity contribution in [1.29, 1.82) is 0 Å². The standard InChI is InChI=1S/C10H23NO4S/c1-8(2)10(12)7-11-16(13,14)6-5-15-9(3)4/h8-12H,5-7H2,1-4H3. The van der Waals surface area contributed by atoms with Crippen molar-refractivity contribution in [3.05, 3.63) is 0 Å². The Bertz CT molecular complexity index is 275. The Balaban J connectivity index is 3.88. The maximum absolute atomic E-state index is 11.4. The zero-order valence-electron chi connectivity index (χ0n) is 10.4. The molecular weight excluding hydrogens is 230 g/mol. The lowest BCUT2D eigenvalue weighted by atomic mass is 10.1. The Labute approximate surface area is 98.2 Å². The molecule has 0 rings (SSSR count). The van der Waals surface area contributed by atoms with Crippen LogP contribution in [0.25, 0.3) is 0 Å². The minimum absolute atomic E-state index is 0.0245. The summed E-state index contributed by atoms with van der Waals surface area (Å²) >= 11 is 0. The second-order valence-electron chi connectivity index (χ2n) is 4.40. The molecule has 0 heterocycles. The minimum Gasteiger partial charge on any atom is -0.391 e. The van der Waals surface area contributed by atoms with Crippen LogP contribution in [0, 0.1) is 5.92 Å². The van der Waals surface area contributed by atoms with Crippen molar-refractivity contribution in [1.82, 2.24) is 4.72 Å². The SMILES string of the molecule is CC(C)OCCS(=O)(=O)NCC(O)C(C)C. The van der Waals surface area contributed by atoms with Crippen molar-refractivity contribution >= 4 is 10.0 Å². The predicted molar refractivity (Wildman–Crippen MR) is 63.7 cm³/mol. The Morgan fingerprint density at radius 3 is 2.25 bits per heavy atom. The Morgan fingerprint density at radius 2 is 1.81 bits per heavy atom. The molecule has 2 N–H and O–H groups in total. The molecular formula is C10H23NO4S. The second kappa shape index (κ2) is 7.21.